The van der Waals surface area contributed by atoms with E-state index in [9.17, 15) is 0 Å². The first-order valence-electron chi connectivity index (χ1n) is 4.20. The molecule has 0 aromatic heterocycles. The van der Waals surface area contributed by atoms with Gasteiger partial charge >= 0.3 is 0 Å². The van der Waals surface area contributed by atoms with Crippen LogP contribution in [0.25, 0.3) is 0 Å². The molecule has 2 saturated carbocycles. The Morgan fingerprint density at radius 2 is 2.20 bits per heavy atom. The van der Waals surface area contributed by atoms with Crippen LogP contribution in [0.3, 0.4) is 0 Å². The van der Waals surface area contributed by atoms with Gasteiger partial charge in [-0.15, -0.1) is 0 Å². The fourth-order valence-corrected chi connectivity index (χ4v) is 2.62. The van der Waals surface area contributed by atoms with Crippen molar-refractivity contribution in [3.05, 3.63) is 0 Å². The molecule has 0 amide bonds. The monoisotopic (exact) mass is 139 g/mol. The van der Waals surface area contributed by atoms with E-state index in [1.807, 2.05) is 0 Å². The van der Waals surface area contributed by atoms with Gasteiger partial charge in [-0.3, -0.25) is 0 Å². The summed E-state index contributed by atoms with van der Waals surface area (Å²) in [7, 11) is 0. The molecule has 1 unspecified atom stereocenters. The molecular weight excluding hydrogens is 126 g/mol. The smallest absolute Gasteiger partial charge is 0.0864 e. The molecule has 2 N–H and O–H groups in total. The summed E-state index contributed by atoms with van der Waals surface area (Å²) < 4.78 is 5.72. The van der Waals surface area contributed by atoms with Gasteiger partial charge in [-0.25, -0.2) is 0 Å². The van der Waals surface area contributed by atoms with Crippen LogP contribution < -0.4 is 5.73 Å². The number of hydrogen-bond donors (Lipinski definition) is 1. The lowest BCUT2D eigenvalue weighted by Crippen LogP contribution is -2.54. The van der Waals surface area contributed by atoms with Gasteiger partial charge in [0.05, 0.1) is 17.7 Å². The van der Waals surface area contributed by atoms with Crippen molar-refractivity contribution < 1.29 is 4.74 Å². The second kappa shape index (κ2) is 1.28. The van der Waals surface area contributed by atoms with Gasteiger partial charge in [0.25, 0.3) is 0 Å². The molecule has 0 bridgehead atoms. The summed E-state index contributed by atoms with van der Waals surface area (Å²) in [6.45, 7) is 0.941. The maximum Gasteiger partial charge on any atom is 0.0864 e. The number of ether oxygens (including phenoxy) is 1. The van der Waals surface area contributed by atoms with E-state index in [1.165, 1.54) is 25.7 Å². The number of hydrogen-bond acceptors (Lipinski definition) is 2. The van der Waals surface area contributed by atoms with Crippen molar-refractivity contribution in [1.29, 1.82) is 0 Å². The quantitative estimate of drug-likeness (QED) is 0.535. The Morgan fingerprint density at radius 3 is 2.40 bits per heavy atom. The highest BCUT2D eigenvalue weighted by Crippen LogP contribution is 2.62. The molecule has 1 saturated heterocycles. The van der Waals surface area contributed by atoms with E-state index in [1.54, 1.807) is 0 Å². The van der Waals surface area contributed by atoms with Crippen molar-refractivity contribution in [1.82, 2.24) is 0 Å². The Labute approximate surface area is 60.7 Å². The van der Waals surface area contributed by atoms with Gasteiger partial charge in [0, 0.05) is 5.92 Å². The molecule has 3 fully saturated rings. The van der Waals surface area contributed by atoms with E-state index in [0.29, 0.717) is 5.92 Å². The maximum absolute atomic E-state index is 6.17. The maximum atomic E-state index is 6.17. The Balaban J connectivity index is 1.97. The molecule has 10 heavy (non-hydrogen) atoms. The average Bonchev–Trinajstić information content (AvgIpc) is 2.34. The van der Waals surface area contributed by atoms with Crippen LogP contribution in [0.4, 0.5) is 0 Å². The second-order valence-electron chi connectivity index (χ2n) is 4.10. The summed E-state index contributed by atoms with van der Waals surface area (Å²) in [5.74, 6) is 0.716. The van der Waals surface area contributed by atoms with Gasteiger partial charge in [-0.05, 0) is 25.7 Å². The minimum atomic E-state index is 0.130. The van der Waals surface area contributed by atoms with Crippen molar-refractivity contribution in [3.8, 4) is 0 Å². The van der Waals surface area contributed by atoms with Crippen molar-refractivity contribution in [2.24, 2.45) is 11.7 Å². The van der Waals surface area contributed by atoms with E-state index < -0.39 is 0 Å². The molecule has 3 aliphatic rings. The van der Waals surface area contributed by atoms with Crippen LogP contribution in [-0.2, 0) is 4.74 Å². The third kappa shape index (κ3) is 0.372. The summed E-state index contributed by atoms with van der Waals surface area (Å²) in [4.78, 5) is 0. The third-order valence-electron chi connectivity index (χ3n) is 3.72. The first-order valence-corrected chi connectivity index (χ1v) is 4.20. The number of fused-ring (bicyclic) bond motifs is 2. The van der Waals surface area contributed by atoms with Crippen LogP contribution in [0, 0.1) is 5.92 Å². The highest BCUT2D eigenvalue weighted by Gasteiger charge is 2.71. The zero-order valence-corrected chi connectivity index (χ0v) is 6.10. The molecule has 56 valence electrons. The van der Waals surface area contributed by atoms with Crippen molar-refractivity contribution >= 4 is 0 Å². The summed E-state index contributed by atoms with van der Waals surface area (Å²) in [6.07, 6.45) is 5.00. The van der Waals surface area contributed by atoms with Gasteiger partial charge in [-0.1, -0.05) is 0 Å². The minimum Gasteiger partial charge on any atom is -0.373 e. The van der Waals surface area contributed by atoms with Gasteiger partial charge in [0.15, 0.2) is 0 Å². The lowest BCUT2D eigenvalue weighted by molar-refractivity contribution is -0.0886. The van der Waals surface area contributed by atoms with Crippen LogP contribution in [0.2, 0.25) is 0 Å². The third-order valence-corrected chi connectivity index (χ3v) is 3.72. The molecule has 2 nitrogen and oxygen atoms in total. The van der Waals surface area contributed by atoms with Crippen molar-refractivity contribution in [2.45, 2.75) is 36.8 Å². The fourth-order valence-electron chi connectivity index (χ4n) is 2.62. The van der Waals surface area contributed by atoms with E-state index in [2.05, 4.69) is 0 Å². The predicted octanol–water partition coefficient (Wildman–Crippen LogP) is 0.657. The minimum absolute atomic E-state index is 0.130. The first-order chi connectivity index (χ1) is 4.77. The van der Waals surface area contributed by atoms with E-state index in [-0.39, 0.29) is 11.1 Å². The topological polar surface area (TPSA) is 35.2 Å². The van der Waals surface area contributed by atoms with Crippen molar-refractivity contribution in [3.63, 3.8) is 0 Å². The van der Waals surface area contributed by atoms with Crippen LogP contribution >= 0.6 is 0 Å². The Morgan fingerprint density at radius 1 is 1.40 bits per heavy atom. The molecule has 0 aromatic carbocycles. The molecule has 3 rings (SSSR count). The molecule has 2 atom stereocenters. The number of rotatable bonds is 0. The van der Waals surface area contributed by atoms with Gasteiger partial charge in [-0.2, -0.15) is 0 Å². The van der Waals surface area contributed by atoms with Gasteiger partial charge < -0.3 is 10.5 Å². The number of nitrogens with two attached hydrogens (primary N) is 1. The molecule has 2 heteroatoms. The van der Waals surface area contributed by atoms with Crippen LogP contribution in [0.15, 0.2) is 0 Å². The second-order valence-corrected chi connectivity index (χ2v) is 4.10. The first kappa shape index (κ1) is 5.56. The fraction of sp³-hybridized carbons (Fsp3) is 1.00. The standard InChI is InChI=1S/C8H13NO/c9-8-4-6(8)5-10-7(8)2-1-3-7/h6H,1-5,9H2/t6?,8-/m1/s1. The Hall–Kier alpha value is -0.0800. The molecule has 0 aromatic rings. The summed E-state index contributed by atoms with van der Waals surface area (Å²) in [5.41, 5.74) is 6.46. The van der Waals surface area contributed by atoms with E-state index >= 15 is 0 Å². The highest BCUT2D eigenvalue weighted by atomic mass is 16.5. The molecule has 1 heterocycles. The SMILES string of the molecule is N[C@]12CC1COC21CCC1. The summed E-state index contributed by atoms with van der Waals surface area (Å²) >= 11 is 0. The molecule has 1 spiro atoms. The lowest BCUT2D eigenvalue weighted by Gasteiger charge is -2.43. The highest BCUT2D eigenvalue weighted by molar-refractivity contribution is 5.26. The Kier molecular flexibility index (Phi) is 0.710. The lowest BCUT2D eigenvalue weighted by atomic mass is 9.73. The summed E-state index contributed by atoms with van der Waals surface area (Å²) in [6, 6.07) is 0. The summed E-state index contributed by atoms with van der Waals surface area (Å²) in [5, 5.41) is 0. The molecule has 2 aliphatic carbocycles. The van der Waals surface area contributed by atoms with E-state index in [0.717, 1.165) is 6.61 Å². The van der Waals surface area contributed by atoms with Crippen LogP contribution in [0.1, 0.15) is 25.7 Å². The normalized spacial score (nSPS) is 54.3. The zero-order valence-electron chi connectivity index (χ0n) is 6.10. The van der Waals surface area contributed by atoms with Crippen LogP contribution in [-0.4, -0.2) is 17.7 Å². The van der Waals surface area contributed by atoms with E-state index in [4.69, 9.17) is 10.5 Å². The van der Waals surface area contributed by atoms with Crippen molar-refractivity contribution in [2.75, 3.05) is 6.61 Å². The molecular formula is C8H13NO. The van der Waals surface area contributed by atoms with Gasteiger partial charge in [0.1, 0.15) is 0 Å². The van der Waals surface area contributed by atoms with Gasteiger partial charge in [0.2, 0.25) is 0 Å². The Bertz CT molecular complexity index is 186. The molecule has 0 radical (unpaired) electrons. The average molecular weight is 139 g/mol. The predicted molar refractivity (Wildman–Crippen MR) is 37.6 cm³/mol. The largest absolute Gasteiger partial charge is 0.373 e. The zero-order chi connectivity index (χ0) is 6.82. The van der Waals surface area contributed by atoms with Crippen LogP contribution in [0.5, 0.6) is 0 Å². The molecule has 1 aliphatic heterocycles.